The summed E-state index contributed by atoms with van der Waals surface area (Å²) in [5.74, 6) is -6.77. The highest BCUT2D eigenvalue weighted by Gasteiger charge is 2.49. The molecule has 0 aliphatic rings. The second-order valence-electron chi connectivity index (χ2n) is 4.47. The van der Waals surface area contributed by atoms with Crippen molar-refractivity contribution in [2.75, 3.05) is 13.7 Å². The molecule has 0 aromatic carbocycles. The van der Waals surface area contributed by atoms with E-state index in [4.69, 9.17) is 0 Å². The van der Waals surface area contributed by atoms with Crippen LogP contribution in [0.2, 0.25) is 0 Å². The summed E-state index contributed by atoms with van der Waals surface area (Å²) in [5.41, 5.74) is -2.41. The Balaban J connectivity index is 2.60. The third-order valence-corrected chi connectivity index (χ3v) is 3.74. The lowest BCUT2D eigenvalue weighted by molar-refractivity contribution is -0.139. The van der Waals surface area contributed by atoms with Gasteiger partial charge in [0.25, 0.3) is 0 Å². The van der Waals surface area contributed by atoms with Gasteiger partial charge in [-0.05, 0) is 6.92 Å². The van der Waals surface area contributed by atoms with Gasteiger partial charge in [-0.2, -0.15) is 13.9 Å². The van der Waals surface area contributed by atoms with Crippen molar-refractivity contribution in [2.24, 2.45) is 0 Å². The molecule has 2 rings (SSSR count). The summed E-state index contributed by atoms with van der Waals surface area (Å²) in [4.78, 5) is 26.9. The van der Waals surface area contributed by atoms with Crippen LogP contribution >= 0.6 is 11.3 Å². The first-order valence-electron chi connectivity index (χ1n) is 6.69. The fourth-order valence-corrected chi connectivity index (χ4v) is 2.59. The second-order valence-corrected chi connectivity index (χ2v) is 5.31. The topological polar surface area (TPSA) is 83.3 Å². The van der Waals surface area contributed by atoms with E-state index >= 15 is 0 Å². The molecule has 0 unspecified atom stereocenters. The predicted octanol–water partition coefficient (Wildman–Crippen LogP) is 2.65. The number of hydrogen-bond acceptors (Lipinski definition) is 7. The largest absolute Gasteiger partial charge is 0.464 e. The van der Waals surface area contributed by atoms with Crippen LogP contribution < -0.4 is 0 Å². The van der Waals surface area contributed by atoms with Crippen molar-refractivity contribution in [1.82, 2.24) is 14.8 Å². The highest BCUT2D eigenvalue weighted by atomic mass is 32.1. The van der Waals surface area contributed by atoms with Gasteiger partial charge in [-0.15, -0.1) is 11.3 Å². The van der Waals surface area contributed by atoms with Crippen LogP contribution in [0.1, 0.15) is 33.5 Å². The van der Waals surface area contributed by atoms with Crippen molar-refractivity contribution in [3.63, 3.8) is 0 Å². The molecule has 0 saturated heterocycles. The summed E-state index contributed by atoms with van der Waals surface area (Å²) in [6.07, 6.45) is -3.42. The molecule has 0 bridgehead atoms. The maximum absolute atomic E-state index is 14.0. The molecule has 0 saturated carbocycles. The number of methoxy groups -OCH3 is 1. The number of ether oxygens (including phenoxy) is 2. The maximum atomic E-state index is 14.0. The van der Waals surface area contributed by atoms with Crippen LogP contribution in [0.5, 0.6) is 0 Å². The lowest BCUT2D eigenvalue weighted by Gasteiger charge is -2.17. The zero-order valence-electron chi connectivity index (χ0n) is 12.8. The molecule has 12 heteroatoms. The molecule has 2 heterocycles. The first kappa shape index (κ1) is 18.8. The molecule has 0 amide bonds. The third-order valence-electron chi connectivity index (χ3n) is 2.92. The lowest BCUT2D eigenvalue weighted by Crippen LogP contribution is -2.29. The number of nitrogens with zero attached hydrogens (tertiary/aromatic N) is 3. The molecule has 0 fully saturated rings. The number of aromatic nitrogens is 3. The van der Waals surface area contributed by atoms with Crippen LogP contribution in [0.4, 0.5) is 17.6 Å². The molecule has 0 atom stereocenters. The molecule has 0 spiro atoms. The van der Waals surface area contributed by atoms with E-state index in [2.05, 4.69) is 19.6 Å². The zero-order chi connectivity index (χ0) is 18.8. The van der Waals surface area contributed by atoms with Crippen molar-refractivity contribution in [2.45, 2.75) is 19.3 Å². The van der Waals surface area contributed by atoms with Crippen molar-refractivity contribution in [1.29, 1.82) is 0 Å². The Morgan fingerprint density at radius 2 is 2.04 bits per heavy atom. The van der Waals surface area contributed by atoms with E-state index in [1.54, 1.807) is 0 Å². The Morgan fingerprint density at radius 1 is 1.36 bits per heavy atom. The van der Waals surface area contributed by atoms with Crippen molar-refractivity contribution >= 4 is 23.3 Å². The number of hydrogen-bond donors (Lipinski definition) is 0. The first-order chi connectivity index (χ1) is 11.7. The fraction of sp³-hybridized carbons (Fsp3) is 0.385. The summed E-state index contributed by atoms with van der Waals surface area (Å²) in [6.45, 7) is 1.28. The Kier molecular flexibility index (Phi) is 5.40. The van der Waals surface area contributed by atoms with Crippen LogP contribution in [0.25, 0.3) is 5.13 Å². The average Bonchev–Trinajstić information content (AvgIpc) is 3.20. The van der Waals surface area contributed by atoms with Gasteiger partial charge in [0.1, 0.15) is 11.3 Å². The Morgan fingerprint density at radius 3 is 2.60 bits per heavy atom. The van der Waals surface area contributed by atoms with Crippen LogP contribution in [-0.4, -0.2) is 46.8 Å². The zero-order valence-corrected chi connectivity index (χ0v) is 13.7. The number of halogens is 4. The number of alkyl halides is 4. The van der Waals surface area contributed by atoms with Gasteiger partial charge in [0, 0.05) is 5.38 Å². The number of esters is 2. The Bertz CT molecular complexity index is 790. The summed E-state index contributed by atoms with van der Waals surface area (Å²) in [7, 11) is 1.09. The molecular weight excluding hydrogens is 370 g/mol. The maximum Gasteiger partial charge on any atom is 0.357 e. The van der Waals surface area contributed by atoms with E-state index in [0.29, 0.717) is 22.2 Å². The average molecular weight is 381 g/mol. The molecule has 136 valence electrons. The second kappa shape index (κ2) is 7.17. The van der Waals surface area contributed by atoms with E-state index in [1.165, 1.54) is 12.3 Å². The summed E-state index contributed by atoms with van der Waals surface area (Å²) in [5, 5.41) is 4.40. The summed E-state index contributed by atoms with van der Waals surface area (Å²) >= 11 is 0.685. The lowest BCUT2D eigenvalue weighted by atomic mass is 10.1. The van der Waals surface area contributed by atoms with Crippen LogP contribution in [0.3, 0.4) is 0 Å². The molecule has 2 aromatic rings. The van der Waals surface area contributed by atoms with Gasteiger partial charge in [0.15, 0.2) is 5.69 Å². The third kappa shape index (κ3) is 3.48. The fourth-order valence-electron chi connectivity index (χ4n) is 1.84. The molecule has 7 nitrogen and oxygen atoms in total. The Hall–Kier alpha value is -2.50. The number of carbonyl (C=O) groups is 2. The minimum absolute atomic E-state index is 0.145. The van der Waals surface area contributed by atoms with E-state index in [0.717, 1.165) is 7.11 Å². The van der Waals surface area contributed by atoms with Crippen molar-refractivity contribution in [3.05, 3.63) is 28.5 Å². The van der Waals surface area contributed by atoms with Gasteiger partial charge in [-0.3, -0.25) is 0 Å². The molecule has 0 N–H and O–H groups in total. The molecule has 25 heavy (non-hydrogen) atoms. The van der Waals surface area contributed by atoms with Crippen LogP contribution in [0.15, 0.2) is 11.6 Å². The van der Waals surface area contributed by atoms with Gasteiger partial charge in [-0.1, -0.05) is 0 Å². The van der Waals surface area contributed by atoms with Crippen molar-refractivity contribution in [3.8, 4) is 5.13 Å². The summed E-state index contributed by atoms with van der Waals surface area (Å²) in [6, 6.07) is 0. The summed E-state index contributed by atoms with van der Waals surface area (Å²) < 4.78 is 63.1. The smallest absolute Gasteiger partial charge is 0.357 e. The number of thiazole rings is 1. The minimum atomic E-state index is -4.70. The van der Waals surface area contributed by atoms with E-state index in [1.807, 2.05) is 0 Å². The highest BCUT2D eigenvalue weighted by molar-refractivity contribution is 7.12. The molecule has 0 radical (unpaired) electrons. The minimum Gasteiger partial charge on any atom is -0.464 e. The van der Waals surface area contributed by atoms with Gasteiger partial charge in [0.2, 0.25) is 5.13 Å². The van der Waals surface area contributed by atoms with E-state index < -0.39 is 35.5 Å². The van der Waals surface area contributed by atoms with E-state index in [-0.39, 0.29) is 17.4 Å². The van der Waals surface area contributed by atoms with Crippen molar-refractivity contribution < 1.29 is 36.6 Å². The Labute approximate surface area is 142 Å². The van der Waals surface area contributed by atoms with Gasteiger partial charge >= 0.3 is 24.3 Å². The predicted molar refractivity (Wildman–Crippen MR) is 76.4 cm³/mol. The van der Waals surface area contributed by atoms with Crippen LogP contribution in [0, 0.1) is 0 Å². The molecule has 0 aliphatic heterocycles. The first-order valence-corrected chi connectivity index (χ1v) is 7.57. The monoisotopic (exact) mass is 381 g/mol. The quantitative estimate of drug-likeness (QED) is 0.565. The SMILES string of the molecule is CCOC(=O)c1cnn(-c2nc(C(=O)OC)cs2)c1C(F)(F)C(F)F. The molecule has 2 aromatic heterocycles. The highest BCUT2D eigenvalue weighted by Crippen LogP contribution is 2.38. The standard InChI is InChI=1S/C13H11F4N3O4S/c1-3-24-9(21)6-4-18-20(8(6)13(16,17)11(14)15)12-19-7(5-25-12)10(22)23-2/h4-5,11H,3H2,1-2H3. The molecule has 0 aliphatic carbocycles. The normalized spacial score (nSPS) is 11.6. The molecular formula is C13H11F4N3O4S. The van der Waals surface area contributed by atoms with Gasteiger partial charge in [-0.25, -0.2) is 28.0 Å². The van der Waals surface area contributed by atoms with Gasteiger partial charge in [0.05, 0.1) is 19.9 Å². The number of carbonyl (C=O) groups excluding carboxylic acids is 2. The van der Waals surface area contributed by atoms with Crippen LogP contribution in [-0.2, 0) is 15.4 Å². The van der Waals surface area contributed by atoms with E-state index in [9.17, 15) is 27.2 Å². The van der Waals surface area contributed by atoms with Gasteiger partial charge < -0.3 is 9.47 Å². The number of rotatable bonds is 6.